The molecule has 2 fully saturated rings. The topological polar surface area (TPSA) is 735 Å². The van der Waals surface area contributed by atoms with Gasteiger partial charge < -0.3 is 175 Å². The first kappa shape index (κ1) is 78.4. The molecule has 8 aromatic rings. The first-order valence-corrected chi connectivity index (χ1v) is 30.7. The van der Waals surface area contributed by atoms with E-state index in [2.05, 4.69) is 0 Å². The van der Waals surface area contributed by atoms with Gasteiger partial charge in [-0.05, 0) is 91.0 Å². The Morgan fingerprint density at radius 1 is 0.306 bits per heavy atom. The van der Waals surface area contributed by atoms with E-state index in [9.17, 15) is 156 Å². The van der Waals surface area contributed by atoms with Crippen LogP contribution in [0.25, 0.3) is 0 Å². The number of phenols is 24. The molecule has 0 aromatic heterocycles. The second-order valence-electron chi connectivity index (χ2n) is 23.7. The summed E-state index contributed by atoms with van der Waals surface area (Å²) >= 11 is 0. The molecular formula is C68H54O43. The minimum absolute atomic E-state index is 0.169. The summed E-state index contributed by atoms with van der Waals surface area (Å²) in [7, 11) is 0. The second-order valence-corrected chi connectivity index (χ2v) is 23.7. The Labute approximate surface area is 612 Å². The zero-order chi connectivity index (χ0) is 81.6. The van der Waals surface area contributed by atoms with Gasteiger partial charge >= 0.3 is 41.8 Å². The van der Waals surface area contributed by atoms with E-state index >= 15 is 9.59 Å². The normalized spacial score (nSPS) is 19.2. The molecule has 0 bridgehead atoms. The van der Waals surface area contributed by atoms with Crippen LogP contribution in [0.2, 0.25) is 0 Å². The number of aliphatic hydroxyl groups excluding tert-OH is 1. The van der Waals surface area contributed by atoms with Gasteiger partial charge in [-0.15, -0.1) is 0 Å². The fraction of sp³-hybridized carbons (Fsp3) is 0.176. The number of aromatic hydroxyl groups is 24. The zero-order valence-corrected chi connectivity index (χ0v) is 54.9. The fourth-order valence-corrected chi connectivity index (χ4v) is 10.9. The monoisotopic (exact) mass is 1560 g/mol. The molecule has 25 N–H and O–H groups in total. The van der Waals surface area contributed by atoms with Crippen LogP contribution < -0.4 is 0 Å². The Bertz CT molecular complexity index is 5000. The summed E-state index contributed by atoms with van der Waals surface area (Å²) in [6.45, 7) is -5.46. The highest BCUT2D eigenvalue weighted by molar-refractivity contribution is 6.17. The molecule has 2 aliphatic rings. The number of aliphatic hydroxyl groups is 1. The molecule has 0 radical (unpaired) electrons. The van der Waals surface area contributed by atoms with E-state index in [4.69, 9.17) is 47.4 Å². The SMILES string of the molecule is O=C(OC[C@H]1O[C@@](COC(=O)c2cc(O)c(O)c(O)c2C(=O)c2cc(O)c(O)c(O)c2)(O[C@H]2O[C@H](CO)[C@@H](OC(=O)c3cc(O)c(O)c(O)c3)[C@H](OC(=O)c3cc(O)c(O)c(O)c3)[C@H]2OC(=O)c2cc(O)c(O)c(O)c2)[C@@H](OC(=O)c2cc(O)c(O)c(O)c2)[C@@H]1OC(=O)c1cc(O)c(O)c(O)c1)c1cc(O)c(O)c(O)c1. The molecule has 2 heterocycles. The number of esters is 7. The van der Waals surface area contributed by atoms with E-state index < -0.39 is 310 Å². The minimum atomic E-state index is -3.99. The van der Waals surface area contributed by atoms with Crippen molar-refractivity contribution >= 4 is 47.6 Å². The van der Waals surface area contributed by atoms with Gasteiger partial charge in [0.1, 0.15) is 25.4 Å². The molecule has 584 valence electrons. The number of carbonyl (C=O) groups excluding carboxylic acids is 8. The molecule has 9 atom stereocenters. The summed E-state index contributed by atoms with van der Waals surface area (Å²) in [6.07, 6.45) is -23.3. The lowest BCUT2D eigenvalue weighted by atomic mass is 9.95. The van der Waals surface area contributed by atoms with Gasteiger partial charge in [0.25, 0.3) is 0 Å². The van der Waals surface area contributed by atoms with Gasteiger partial charge in [-0.1, -0.05) is 0 Å². The Balaban J connectivity index is 1.25. The number of carbonyl (C=O) groups is 8. The number of ether oxygens (including phenoxy) is 10. The molecule has 2 saturated heterocycles. The summed E-state index contributed by atoms with van der Waals surface area (Å²) in [5.74, 6) is -51.2. The highest BCUT2D eigenvalue weighted by Gasteiger charge is 2.66. The van der Waals surface area contributed by atoms with Crippen molar-refractivity contribution in [3.8, 4) is 138 Å². The number of rotatable bonds is 21. The van der Waals surface area contributed by atoms with Crippen LogP contribution in [-0.2, 0) is 47.4 Å². The molecule has 2 aliphatic heterocycles. The maximum atomic E-state index is 15.2. The van der Waals surface area contributed by atoms with Crippen LogP contribution in [0.1, 0.15) is 88.4 Å². The smallest absolute Gasteiger partial charge is 0.339 e. The number of benzene rings is 8. The Morgan fingerprint density at radius 2 is 0.604 bits per heavy atom. The van der Waals surface area contributed by atoms with Gasteiger partial charge in [0.05, 0.1) is 51.1 Å². The van der Waals surface area contributed by atoms with Crippen molar-refractivity contribution < 1.29 is 213 Å². The molecule has 111 heavy (non-hydrogen) atoms. The fourth-order valence-electron chi connectivity index (χ4n) is 10.9. The van der Waals surface area contributed by atoms with E-state index in [0.717, 1.165) is 0 Å². The van der Waals surface area contributed by atoms with E-state index in [0.29, 0.717) is 84.9 Å². The van der Waals surface area contributed by atoms with Crippen LogP contribution in [0.4, 0.5) is 0 Å². The van der Waals surface area contributed by atoms with Crippen LogP contribution in [0.3, 0.4) is 0 Å². The second kappa shape index (κ2) is 30.3. The first-order chi connectivity index (χ1) is 52.1. The van der Waals surface area contributed by atoms with Gasteiger partial charge in [0, 0.05) is 5.56 Å². The summed E-state index contributed by atoms with van der Waals surface area (Å²) < 4.78 is 59.0. The van der Waals surface area contributed by atoms with Crippen LogP contribution in [0.5, 0.6) is 138 Å². The van der Waals surface area contributed by atoms with E-state index in [1.165, 1.54) is 0 Å². The van der Waals surface area contributed by atoms with Crippen LogP contribution >= 0.6 is 0 Å². The molecule has 43 heteroatoms. The van der Waals surface area contributed by atoms with Crippen molar-refractivity contribution in [1.29, 1.82) is 0 Å². The highest BCUT2D eigenvalue weighted by atomic mass is 16.8. The van der Waals surface area contributed by atoms with Gasteiger partial charge in [-0.25, -0.2) is 33.6 Å². The van der Waals surface area contributed by atoms with Crippen molar-refractivity contribution in [2.75, 3.05) is 19.8 Å². The van der Waals surface area contributed by atoms with Crippen molar-refractivity contribution in [2.24, 2.45) is 0 Å². The van der Waals surface area contributed by atoms with Gasteiger partial charge in [0.15, 0.2) is 169 Å². The number of hydrogen-bond donors (Lipinski definition) is 25. The maximum absolute atomic E-state index is 15.2. The Kier molecular flexibility index (Phi) is 21.4. The lowest BCUT2D eigenvalue weighted by Crippen LogP contribution is -2.65. The summed E-state index contributed by atoms with van der Waals surface area (Å²) in [6, 6.07) is 5.75. The maximum Gasteiger partial charge on any atom is 0.339 e. The van der Waals surface area contributed by atoms with Crippen molar-refractivity contribution in [3.63, 3.8) is 0 Å². The average molecular weight is 1560 g/mol. The summed E-state index contributed by atoms with van der Waals surface area (Å²) in [4.78, 5) is 117. The first-order valence-electron chi connectivity index (χ1n) is 30.7. The lowest BCUT2D eigenvalue weighted by Gasteiger charge is -2.46. The Morgan fingerprint density at radius 3 is 0.955 bits per heavy atom. The van der Waals surface area contributed by atoms with Gasteiger partial charge in [-0.3, -0.25) is 4.79 Å². The zero-order valence-electron chi connectivity index (χ0n) is 54.9. The Hall–Kier alpha value is -15.2. The molecule has 0 amide bonds. The largest absolute Gasteiger partial charge is 0.504 e. The third-order valence-electron chi connectivity index (χ3n) is 16.4. The van der Waals surface area contributed by atoms with Crippen molar-refractivity contribution in [1.82, 2.24) is 0 Å². The molecule has 0 saturated carbocycles. The standard InChI is InChI=1S/C68H54O43/c69-16-42-55(105-61(96)21-5-31(74)48(88)32(75)6-21)57(107-63(98)23-9-35(78)50(90)36(79)10-23)58(108-64(99)24-11-37(80)51(91)38(81)12-24)67(104-42)111-68(18-103-66(101)26-15-41(84)53(93)54(94)44(26)45(85)19-1-27(70)46(86)28(71)2-19)59(109-65(100)25-13-39(82)52(92)40(83)14-25)56(106-62(97)22-7-33(76)49(89)34(77)8-22)43(110-68)17-102-60(95)20-3-29(72)47(87)30(73)4-20/h1-15,42-43,55-59,67,69-84,86-94H,16-18H2/t42-,43-,55-,56-,57+,58-,59+,67-,68+/m1/s1. The molecule has 43 nitrogen and oxygen atoms in total. The number of hydrogen-bond acceptors (Lipinski definition) is 43. The molecule has 0 unspecified atom stereocenters. The third kappa shape index (κ3) is 15.4. The predicted octanol–water partition coefficient (Wildman–Crippen LogP) is 1.82. The highest BCUT2D eigenvalue weighted by Crippen LogP contribution is 2.49. The summed E-state index contributed by atoms with van der Waals surface area (Å²) in [5, 5.41) is 264. The molecule has 10 rings (SSSR count). The quantitative estimate of drug-likeness (QED) is 0.0211. The lowest BCUT2D eigenvalue weighted by molar-refractivity contribution is -0.380. The number of phenolic OH excluding ortho intramolecular Hbond substituents is 24. The predicted molar refractivity (Wildman–Crippen MR) is 346 cm³/mol. The van der Waals surface area contributed by atoms with Gasteiger partial charge in [-0.2, -0.15) is 0 Å². The molecule has 0 aliphatic carbocycles. The minimum Gasteiger partial charge on any atom is -0.504 e. The average Bonchev–Trinajstić information content (AvgIpc) is 1.64. The number of ketones is 1. The van der Waals surface area contributed by atoms with Crippen molar-refractivity contribution in [2.45, 2.75) is 54.8 Å². The van der Waals surface area contributed by atoms with E-state index in [1.54, 1.807) is 0 Å². The van der Waals surface area contributed by atoms with Crippen LogP contribution in [-0.4, -0.2) is 250 Å². The summed E-state index contributed by atoms with van der Waals surface area (Å²) in [5.41, 5.74) is -10.1. The van der Waals surface area contributed by atoms with E-state index in [1.807, 2.05) is 0 Å². The van der Waals surface area contributed by atoms with E-state index in [-0.39, 0.29) is 6.07 Å². The van der Waals surface area contributed by atoms with Crippen LogP contribution in [0.15, 0.2) is 91.0 Å². The molecular weight excluding hydrogens is 1500 g/mol. The molecule has 8 aromatic carbocycles. The van der Waals surface area contributed by atoms with Crippen molar-refractivity contribution in [3.05, 3.63) is 141 Å². The van der Waals surface area contributed by atoms with Gasteiger partial charge in [0.2, 0.25) is 17.8 Å². The third-order valence-corrected chi connectivity index (χ3v) is 16.4. The molecule has 0 spiro atoms. The van der Waals surface area contributed by atoms with Crippen LogP contribution in [0, 0.1) is 0 Å².